The van der Waals surface area contributed by atoms with Crippen molar-refractivity contribution in [3.63, 3.8) is 0 Å². The van der Waals surface area contributed by atoms with Gasteiger partial charge in [-0.25, -0.2) is 15.0 Å². The molecule has 0 N–H and O–H groups in total. The summed E-state index contributed by atoms with van der Waals surface area (Å²) in [5, 5.41) is 13.0. The molecule has 0 aliphatic carbocycles. The zero-order chi connectivity index (χ0) is 83.1. The number of hydrogen-bond acceptors (Lipinski definition) is 9. The molecule has 0 amide bonds. The van der Waals surface area contributed by atoms with Crippen molar-refractivity contribution in [2.45, 2.75) is 0 Å². The largest absolute Gasteiger partial charge is 0.438 e. The van der Waals surface area contributed by atoms with Crippen LogP contribution in [-0.2, 0) is 0 Å². The molecule has 126 heavy (non-hydrogen) atoms. The fraction of sp³-hybridized carbons (Fsp3) is 0. The first-order valence-corrected chi connectivity index (χ1v) is 42.2. The Morgan fingerprint density at radius 2 is 0.437 bits per heavy atom. The number of furan rings is 3. The molecule has 0 spiro atoms. The van der Waals surface area contributed by atoms with Gasteiger partial charge in [0, 0.05) is 98.9 Å². The van der Waals surface area contributed by atoms with Crippen molar-refractivity contribution < 1.29 is 13.3 Å². The van der Waals surface area contributed by atoms with Gasteiger partial charge in [-0.1, -0.05) is 328 Å². The van der Waals surface area contributed by atoms with Crippen molar-refractivity contribution in [3.8, 4) is 107 Å². The van der Waals surface area contributed by atoms with Gasteiger partial charge in [0.25, 0.3) is 0 Å². The highest BCUT2D eigenvalue weighted by atomic mass is 16.3. The third-order valence-corrected chi connectivity index (χ3v) is 24.1. The summed E-state index contributed by atoms with van der Waals surface area (Å²) in [4.78, 5) is 30.1. The molecule has 0 saturated heterocycles. The first-order valence-electron chi connectivity index (χ1n) is 42.2. The minimum absolute atomic E-state index is 0.593. The Hall–Kier alpha value is -17.2. The molecular formula is C114H71N9O3. The molecule has 590 valence electrons. The van der Waals surface area contributed by atoms with Crippen LogP contribution >= 0.6 is 0 Å². The predicted octanol–water partition coefficient (Wildman–Crippen LogP) is 29.8. The molecule has 17 aromatic carbocycles. The van der Waals surface area contributed by atoms with Crippen LogP contribution in [0.2, 0.25) is 0 Å². The minimum atomic E-state index is 0.593. The van der Waals surface area contributed by atoms with Gasteiger partial charge in [-0.05, 0) is 125 Å². The highest BCUT2D eigenvalue weighted by molar-refractivity contribution is 6.18. The van der Waals surface area contributed by atoms with E-state index in [1.54, 1.807) is 0 Å². The van der Waals surface area contributed by atoms with E-state index in [0.29, 0.717) is 34.6 Å². The summed E-state index contributed by atoms with van der Waals surface area (Å²) >= 11 is 0. The molecule has 12 nitrogen and oxygen atoms in total. The second-order valence-electron chi connectivity index (χ2n) is 31.5. The van der Waals surface area contributed by atoms with Gasteiger partial charge in [0.05, 0.1) is 66.3 Å². The third kappa shape index (κ3) is 12.6. The zero-order valence-corrected chi connectivity index (χ0v) is 67.7. The molecule has 0 fully saturated rings. The van der Waals surface area contributed by atoms with Crippen LogP contribution in [0, 0.1) is 0 Å². The fourth-order valence-corrected chi connectivity index (χ4v) is 18.3. The third-order valence-electron chi connectivity index (χ3n) is 24.1. The van der Waals surface area contributed by atoms with Crippen molar-refractivity contribution in [1.29, 1.82) is 0 Å². The molecule has 0 atom stereocenters. The normalized spacial score (nSPS) is 11.7. The van der Waals surface area contributed by atoms with Crippen molar-refractivity contribution in [2.24, 2.45) is 0 Å². The Morgan fingerprint density at radius 1 is 0.159 bits per heavy atom. The lowest BCUT2D eigenvalue weighted by Crippen LogP contribution is -1.95. The maximum absolute atomic E-state index is 6.29. The second kappa shape index (κ2) is 30.5. The lowest BCUT2D eigenvalue weighted by atomic mass is 10.0. The van der Waals surface area contributed by atoms with E-state index < -0.39 is 0 Å². The Balaban J connectivity index is 0.000000106. The van der Waals surface area contributed by atoms with Crippen LogP contribution in [0.5, 0.6) is 0 Å². The van der Waals surface area contributed by atoms with E-state index in [2.05, 4.69) is 293 Å². The smallest absolute Gasteiger partial charge is 0.231 e. The predicted molar refractivity (Wildman–Crippen MR) is 514 cm³/mol. The number of nitrogens with zero attached hydrogens (tertiary/aromatic N) is 9. The number of para-hydroxylation sites is 7. The van der Waals surface area contributed by atoms with E-state index in [1.807, 2.05) is 152 Å². The van der Waals surface area contributed by atoms with Gasteiger partial charge in [-0.3, -0.25) is 0 Å². The highest BCUT2D eigenvalue weighted by Crippen LogP contribution is 2.46. The summed E-state index contributed by atoms with van der Waals surface area (Å²) in [6.45, 7) is 0. The minimum Gasteiger partial charge on any atom is -0.438 e. The van der Waals surface area contributed by atoms with Crippen molar-refractivity contribution in [2.75, 3.05) is 0 Å². The topological polar surface area (TPSA) is 132 Å². The van der Waals surface area contributed by atoms with Crippen LogP contribution in [0.1, 0.15) is 0 Å². The molecule has 0 radical (unpaired) electrons. The Labute approximate surface area is 721 Å². The van der Waals surface area contributed by atoms with E-state index in [4.69, 9.17) is 43.2 Å². The monoisotopic (exact) mass is 1610 g/mol. The van der Waals surface area contributed by atoms with Gasteiger partial charge < -0.3 is 27.0 Å². The van der Waals surface area contributed by atoms with Crippen molar-refractivity contribution in [3.05, 3.63) is 431 Å². The van der Waals surface area contributed by atoms with Gasteiger partial charge in [0.15, 0.2) is 17.5 Å². The summed E-state index contributed by atoms with van der Waals surface area (Å²) in [5.74, 6) is 1.94. The number of rotatable bonds is 11. The lowest BCUT2D eigenvalue weighted by molar-refractivity contribution is 0.653. The number of hydrogen-bond donors (Lipinski definition) is 0. The molecule has 26 rings (SSSR count). The van der Waals surface area contributed by atoms with E-state index in [0.717, 1.165) is 139 Å². The van der Waals surface area contributed by atoms with Crippen LogP contribution in [0.25, 0.3) is 239 Å². The molecule has 0 saturated carbocycles. The summed E-state index contributed by atoms with van der Waals surface area (Å²) in [5.41, 5.74) is 27.8. The average Bonchev–Trinajstić information content (AvgIpc) is 1.58. The summed E-state index contributed by atoms with van der Waals surface area (Å²) in [7, 11) is 0. The zero-order valence-electron chi connectivity index (χ0n) is 67.7. The maximum Gasteiger partial charge on any atom is 0.231 e. The molecule has 9 heterocycles. The first-order chi connectivity index (χ1) is 62.5. The highest BCUT2D eigenvalue weighted by Gasteiger charge is 2.26. The molecule has 12 heteroatoms. The Kier molecular flexibility index (Phi) is 17.6. The van der Waals surface area contributed by atoms with Gasteiger partial charge in [-0.2, -0.15) is 15.0 Å². The van der Waals surface area contributed by atoms with Gasteiger partial charge in [-0.15, -0.1) is 0 Å². The average molecular weight is 1610 g/mol. The van der Waals surface area contributed by atoms with Crippen molar-refractivity contribution in [1.82, 2.24) is 43.6 Å². The molecule has 0 aliphatic rings. The number of fused-ring (bicyclic) bond motifs is 18. The van der Waals surface area contributed by atoms with Crippen LogP contribution in [-0.4, -0.2) is 43.6 Å². The van der Waals surface area contributed by atoms with Gasteiger partial charge in [0.2, 0.25) is 17.1 Å². The van der Waals surface area contributed by atoms with Gasteiger partial charge >= 0.3 is 0 Å². The van der Waals surface area contributed by atoms with E-state index in [9.17, 15) is 0 Å². The molecule has 0 bridgehead atoms. The van der Waals surface area contributed by atoms with Crippen LogP contribution < -0.4 is 0 Å². The molecular weight excluding hydrogens is 1540 g/mol. The van der Waals surface area contributed by atoms with E-state index in [-0.39, 0.29) is 0 Å². The van der Waals surface area contributed by atoms with E-state index in [1.165, 1.54) is 65.6 Å². The van der Waals surface area contributed by atoms with Crippen molar-refractivity contribution >= 4 is 132 Å². The number of benzene rings is 17. The summed E-state index contributed by atoms with van der Waals surface area (Å²) in [6, 6.07) is 149. The fourth-order valence-electron chi connectivity index (χ4n) is 18.3. The maximum atomic E-state index is 6.29. The Bertz CT molecular complexity index is 8700. The first kappa shape index (κ1) is 72.8. The second-order valence-corrected chi connectivity index (χ2v) is 31.5. The lowest BCUT2D eigenvalue weighted by Gasteiger charge is -2.11. The molecule has 0 aliphatic heterocycles. The van der Waals surface area contributed by atoms with E-state index >= 15 is 0 Å². The van der Waals surface area contributed by atoms with Crippen LogP contribution in [0.3, 0.4) is 0 Å². The number of aromatic nitrogens is 9. The SMILES string of the molecule is c1ccc(-c2ccc(-n3c4ccccc4c4cc(-c5nc(-c6ccccc6)nc6oc7ccccc7c56)ccc43)cc2)cc1.c1ccc(-c2cccc(-n3c4ccccc4c4cc(-c5nc(-c6ccccc6)nc6oc7ccccc7c56)ccc43)c2)cc1.c1ccc(-c2nc(-c3ccc4c5ccccc5n(-c5ccccc5)c4c3)c3c(n2)oc2ccccc23)cc1. The summed E-state index contributed by atoms with van der Waals surface area (Å²) in [6.07, 6.45) is 0. The molecule has 9 aromatic heterocycles. The summed E-state index contributed by atoms with van der Waals surface area (Å²) < 4.78 is 25.9. The van der Waals surface area contributed by atoms with Crippen LogP contribution in [0.4, 0.5) is 0 Å². The van der Waals surface area contributed by atoms with Crippen LogP contribution in [0.15, 0.2) is 444 Å². The van der Waals surface area contributed by atoms with Gasteiger partial charge in [0.1, 0.15) is 16.7 Å². The molecule has 0 unspecified atom stereocenters. The standard InChI is InChI=1S/2C40H25N3O.C34H21N3O/c1-3-12-26(13-4-1)28-16-11-17-30(24-28)43-34-20-9-7-18-31(34)33-25-29(22-23-35(33)43)38-37-32-19-8-10-21-36(32)44-40(37)42-39(41-38)27-14-5-2-6-15-27;1-3-11-26(12-4-1)27-19-22-30(23-20-27)43-34-17-9-7-15-31(34)33-25-29(21-24-35(33)43)38-37-32-16-8-10-18-36(32)44-40(37)42-39(41-38)28-13-5-2-6-14-28;1-3-11-22(12-4-1)33-35-32(31-27-16-8-10-18-30(27)38-34(31)36-33)23-19-20-26-25-15-7-9-17-28(25)37(29(26)21-23)24-13-5-2-6-14-24/h2*1-25H;1-21H. The Morgan fingerprint density at radius 3 is 0.865 bits per heavy atom. The molecule has 26 aromatic rings. The quantitative estimate of drug-likeness (QED) is 0.124.